The zero-order valence-corrected chi connectivity index (χ0v) is 21.4. The van der Waals surface area contributed by atoms with Gasteiger partial charge in [-0.3, -0.25) is 4.90 Å². The van der Waals surface area contributed by atoms with E-state index in [0.717, 1.165) is 57.2 Å². The molecule has 1 N–H and O–H groups in total. The number of hydrogen-bond acceptors (Lipinski definition) is 5. The van der Waals surface area contributed by atoms with Gasteiger partial charge in [-0.2, -0.15) is 0 Å². The number of likely N-dealkylation sites (tertiary alicyclic amines) is 1. The van der Waals surface area contributed by atoms with Crippen LogP contribution in [-0.2, 0) is 16.2 Å². The monoisotopic (exact) mass is 450 g/mol. The molecule has 0 aliphatic carbocycles. The van der Waals surface area contributed by atoms with Gasteiger partial charge >= 0.3 is 6.09 Å². The average molecular weight is 451 g/mol. The third-order valence-corrected chi connectivity index (χ3v) is 7.77. The minimum absolute atomic E-state index is 0.0501. The first kappa shape index (κ1) is 24.3. The third-order valence-electron chi connectivity index (χ3n) is 6.07. The van der Waals surface area contributed by atoms with Crippen molar-refractivity contribution in [3.05, 3.63) is 17.7 Å². The number of ether oxygens (including phenoxy) is 2. The maximum Gasteiger partial charge on any atom is 0.410 e. The topological polar surface area (TPSA) is 68.6 Å². The smallest absolute Gasteiger partial charge is 0.410 e. The maximum atomic E-state index is 12.9. The van der Waals surface area contributed by atoms with E-state index in [1.807, 2.05) is 31.9 Å². The Kier molecular flexibility index (Phi) is 7.86. The molecule has 2 aliphatic heterocycles. The number of amides is 1. The molecule has 0 saturated carbocycles. The number of imidazole rings is 1. The maximum absolute atomic E-state index is 12.9. The molecule has 7 nitrogen and oxygen atoms in total. The number of hydrogen-bond donors (Lipinski definition) is 1. The van der Waals surface area contributed by atoms with Crippen LogP contribution in [0.5, 0.6) is 0 Å². The summed E-state index contributed by atoms with van der Waals surface area (Å²) < 4.78 is 14.1. The summed E-state index contributed by atoms with van der Waals surface area (Å²) >= 11 is 0. The molecule has 3 heterocycles. The number of piperidine rings is 1. The lowest BCUT2D eigenvalue weighted by Gasteiger charge is -2.29. The predicted molar refractivity (Wildman–Crippen MR) is 126 cm³/mol. The minimum atomic E-state index is -1.14. The SMILES string of the molecule is CC(C)(C)OC(=O)N1CCCC1c1ncc(C2CCNCC2)n1COCC[Si](C)(C)C. The molecule has 1 aromatic heterocycles. The lowest BCUT2D eigenvalue weighted by Crippen LogP contribution is -2.37. The van der Waals surface area contributed by atoms with Gasteiger partial charge in [-0.1, -0.05) is 19.6 Å². The van der Waals surface area contributed by atoms with E-state index in [0.29, 0.717) is 19.2 Å². The summed E-state index contributed by atoms with van der Waals surface area (Å²) in [4.78, 5) is 19.6. The van der Waals surface area contributed by atoms with Crippen molar-refractivity contribution in [1.82, 2.24) is 19.8 Å². The molecule has 2 aliphatic rings. The summed E-state index contributed by atoms with van der Waals surface area (Å²) in [5.41, 5.74) is 0.750. The highest BCUT2D eigenvalue weighted by molar-refractivity contribution is 6.76. The van der Waals surface area contributed by atoms with Crippen LogP contribution in [0.15, 0.2) is 6.20 Å². The van der Waals surface area contributed by atoms with Gasteiger partial charge in [-0.15, -0.1) is 0 Å². The van der Waals surface area contributed by atoms with Gasteiger partial charge < -0.3 is 19.4 Å². The number of nitrogens with one attached hydrogen (secondary N) is 1. The molecule has 31 heavy (non-hydrogen) atoms. The Morgan fingerprint density at radius 1 is 1.23 bits per heavy atom. The van der Waals surface area contributed by atoms with Crippen LogP contribution >= 0.6 is 0 Å². The van der Waals surface area contributed by atoms with E-state index in [2.05, 4.69) is 29.5 Å². The van der Waals surface area contributed by atoms with Crippen LogP contribution in [0.25, 0.3) is 0 Å². The van der Waals surface area contributed by atoms with Crippen molar-refractivity contribution in [2.24, 2.45) is 0 Å². The van der Waals surface area contributed by atoms with Gasteiger partial charge in [0.2, 0.25) is 0 Å². The number of rotatable bonds is 7. The fourth-order valence-electron chi connectivity index (χ4n) is 4.36. The normalized spacial score (nSPS) is 21.0. The number of nitrogens with zero attached hydrogens (tertiary/aromatic N) is 3. The van der Waals surface area contributed by atoms with Crippen LogP contribution in [0, 0.1) is 0 Å². The summed E-state index contributed by atoms with van der Waals surface area (Å²) in [6, 6.07) is 1.10. The van der Waals surface area contributed by atoms with Gasteiger partial charge in [-0.25, -0.2) is 9.78 Å². The molecule has 1 atom stereocenters. The molecule has 1 amide bonds. The first-order valence-electron chi connectivity index (χ1n) is 11.9. The second-order valence-corrected chi connectivity index (χ2v) is 16.8. The standard InChI is InChI=1S/C23H42N4O3Si/c1-23(2,3)30-22(28)26-13-7-8-19(26)21-25-16-20(18-9-11-24-12-10-18)27(21)17-29-14-15-31(4,5)6/h16,18-19,24H,7-15,17H2,1-6H3. The molecule has 0 bridgehead atoms. The Labute approximate surface area is 188 Å². The molecule has 8 heteroatoms. The summed E-state index contributed by atoms with van der Waals surface area (Å²) in [6.07, 6.45) is 5.89. The van der Waals surface area contributed by atoms with Crippen molar-refractivity contribution in [2.75, 3.05) is 26.2 Å². The average Bonchev–Trinajstić information content (AvgIpc) is 3.30. The predicted octanol–water partition coefficient (Wildman–Crippen LogP) is 4.73. The summed E-state index contributed by atoms with van der Waals surface area (Å²) in [5, 5.41) is 3.45. The Bertz CT molecular complexity index is 732. The molecule has 1 aromatic rings. The Morgan fingerprint density at radius 2 is 1.94 bits per heavy atom. The second kappa shape index (κ2) is 10.0. The Morgan fingerprint density at radius 3 is 2.58 bits per heavy atom. The molecule has 2 saturated heterocycles. The number of aromatic nitrogens is 2. The largest absolute Gasteiger partial charge is 0.444 e. The van der Waals surface area contributed by atoms with Crippen molar-refractivity contribution < 1.29 is 14.3 Å². The second-order valence-electron chi connectivity index (χ2n) is 11.2. The van der Waals surface area contributed by atoms with Gasteiger partial charge in [0.15, 0.2) is 0 Å². The fraction of sp³-hybridized carbons (Fsp3) is 0.826. The summed E-state index contributed by atoms with van der Waals surface area (Å²) in [6.45, 7) is 16.9. The fourth-order valence-corrected chi connectivity index (χ4v) is 5.12. The van der Waals surface area contributed by atoms with Gasteiger partial charge in [0.05, 0.1) is 6.04 Å². The third kappa shape index (κ3) is 6.80. The van der Waals surface area contributed by atoms with Gasteiger partial charge in [-0.05, 0) is 65.6 Å². The molecule has 2 fully saturated rings. The van der Waals surface area contributed by atoms with E-state index in [1.54, 1.807) is 0 Å². The highest BCUT2D eigenvalue weighted by atomic mass is 28.3. The first-order valence-corrected chi connectivity index (χ1v) is 15.6. The lowest BCUT2D eigenvalue weighted by atomic mass is 9.95. The van der Waals surface area contributed by atoms with Crippen LogP contribution in [0.2, 0.25) is 25.7 Å². The van der Waals surface area contributed by atoms with E-state index in [4.69, 9.17) is 14.5 Å². The summed E-state index contributed by atoms with van der Waals surface area (Å²) in [5.74, 6) is 1.43. The molecular weight excluding hydrogens is 408 g/mol. The van der Waals surface area contributed by atoms with Crippen LogP contribution < -0.4 is 5.32 Å². The molecule has 3 rings (SSSR count). The molecular formula is C23H42N4O3Si. The van der Waals surface area contributed by atoms with Crippen molar-refractivity contribution in [3.8, 4) is 0 Å². The van der Waals surface area contributed by atoms with E-state index in [-0.39, 0.29) is 12.1 Å². The van der Waals surface area contributed by atoms with Crippen molar-refractivity contribution >= 4 is 14.2 Å². The molecule has 0 spiro atoms. The number of carbonyl (C=O) groups is 1. The van der Waals surface area contributed by atoms with Crippen LogP contribution in [0.1, 0.15) is 69.9 Å². The molecule has 176 valence electrons. The van der Waals surface area contributed by atoms with Crippen LogP contribution in [-0.4, -0.2) is 60.5 Å². The van der Waals surface area contributed by atoms with E-state index >= 15 is 0 Å². The van der Waals surface area contributed by atoms with Gasteiger partial charge in [0.1, 0.15) is 18.2 Å². The molecule has 0 radical (unpaired) electrons. The van der Waals surface area contributed by atoms with Crippen LogP contribution in [0.3, 0.4) is 0 Å². The highest BCUT2D eigenvalue weighted by Gasteiger charge is 2.36. The molecule has 0 aromatic carbocycles. The van der Waals surface area contributed by atoms with Crippen molar-refractivity contribution in [3.63, 3.8) is 0 Å². The van der Waals surface area contributed by atoms with E-state index in [9.17, 15) is 4.79 Å². The quantitative estimate of drug-likeness (QED) is 0.480. The van der Waals surface area contributed by atoms with Crippen LogP contribution in [0.4, 0.5) is 4.79 Å². The zero-order chi connectivity index (χ0) is 22.6. The number of carbonyl (C=O) groups excluding carboxylic acids is 1. The van der Waals surface area contributed by atoms with Gasteiger partial charge in [0, 0.05) is 39.0 Å². The van der Waals surface area contributed by atoms with E-state index < -0.39 is 13.7 Å². The molecule has 1 unspecified atom stereocenters. The zero-order valence-electron chi connectivity index (χ0n) is 20.4. The first-order chi connectivity index (χ1) is 14.6. The Hall–Kier alpha value is -1.38. The lowest BCUT2D eigenvalue weighted by molar-refractivity contribution is 0.0202. The van der Waals surface area contributed by atoms with Crippen molar-refractivity contribution in [1.29, 1.82) is 0 Å². The highest BCUT2D eigenvalue weighted by Crippen LogP contribution is 2.35. The van der Waals surface area contributed by atoms with E-state index in [1.165, 1.54) is 5.69 Å². The summed E-state index contributed by atoms with van der Waals surface area (Å²) in [7, 11) is -1.14. The van der Waals surface area contributed by atoms with Gasteiger partial charge in [0.25, 0.3) is 0 Å². The van der Waals surface area contributed by atoms with Crippen molar-refractivity contribution in [2.45, 2.75) is 96.4 Å². The Balaban J connectivity index is 1.80. The minimum Gasteiger partial charge on any atom is -0.444 e.